The molecule has 132 valence electrons. The molecule has 0 aromatic carbocycles. The van der Waals surface area contributed by atoms with E-state index in [-0.39, 0.29) is 5.54 Å². The van der Waals surface area contributed by atoms with E-state index < -0.39 is 0 Å². The third-order valence-electron chi connectivity index (χ3n) is 3.92. The van der Waals surface area contributed by atoms with Crippen LogP contribution >= 0.6 is 11.6 Å². The molecule has 0 amide bonds. The van der Waals surface area contributed by atoms with Gasteiger partial charge in [0.05, 0.1) is 22.3 Å². The van der Waals surface area contributed by atoms with E-state index in [1.165, 1.54) is 0 Å². The SMILES string of the molecule is CC(C)C[C@](C)(N)COc1ccc(-n2ccc3ncc(Cl)cc32)nc1. The van der Waals surface area contributed by atoms with Gasteiger partial charge in [0.25, 0.3) is 0 Å². The Morgan fingerprint density at radius 2 is 2.04 bits per heavy atom. The lowest BCUT2D eigenvalue weighted by Crippen LogP contribution is -2.43. The van der Waals surface area contributed by atoms with Crippen molar-refractivity contribution in [2.24, 2.45) is 11.7 Å². The summed E-state index contributed by atoms with van der Waals surface area (Å²) < 4.78 is 7.77. The van der Waals surface area contributed by atoms with Gasteiger partial charge in [-0.05, 0) is 43.5 Å². The first-order valence-corrected chi connectivity index (χ1v) is 8.72. The van der Waals surface area contributed by atoms with Crippen molar-refractivity contribution in [1.29, 1.82) is 0 Å². The lowest BCUT2D eigenvalue weighted by atomic mass is 9.93. The quantitative estimate of drug-likeness (QED) is 0.716. The van der Waals surface area contributed by atoms with Gasteiger partial charge in [-0.15, -0.1) is 0 Å². The molecule has 0 aliphatic heterocycles. The zero-order valence-electron chi connectivity index (χ0n) is 14.7. The fraction of sp³-hybridized carbons (Fsp3) is 0.368. The van der Waals surface area contributed by atoms with Crippen LogP contribution in [0.1, 0.15) is 27.2 Å². The minimum atomic E-state index is -0.355. The van der Waals surface area contributed by atoms with Gasteiger partial charge in [-0.1, -0.05) is 25.4 Å². The van der Waals surface area contributed by atoms with Crippen molar-refractivity contribution < 1.29 is 4.74 Å². The normalized spacial score (nSPS) is 14.0. The van der Waals surface area contributed by atoms with E-state index >= 15 is 0 Å². The average Bonchev–Trinajstić information content (AvgIpc) is 2.95. The topological polar surface area (TPSA) is 66.0 Å². The summed E-state index contributed by atoms with van der Waals surface area (Å²) in [7, 11) is 0. The van der Waals surface area contributed by atoms with Gasteiger partial charge in [0.1, 0.15) is 18.2 Å². The number of nitrogens with two attached hydrogens (primary N) is 1. The minimum Gasteiger partial charge on any atom is -0.490 e. The molecule has 0 fully saturated rings. The molecule has 3 rings (SSSR count). The van der Waals surface area contributed by atoms with Crippen LogP contribution in [0, 0.1) is 5.92 Å². The Kier molecular flexibility index (Phi) is 4.97. The molecule has 2 N–H and O–H groups in total. The van der Waals surface area contributed by atoms with Crippen molar-refractivity contribution in [2.45, 2.75) is 32.7 Å². The number of aromatic nitrogens is 3. The monoisotopic (exact) mass is 358 g/mol. The van der Waals surface area contributed by atoms with Crippen LogP contribution in [0.4, 0.5) is 0 Å². The van der Waals surface area contributed by atoms with Gasteiger partial charge < -0.3 is 10.5 Å². The highest BCUT2D eigenvalue weighted by Crippen LogP contribution is 2.22. The second kappa shape index (κ2) is 7.02. The van der Waals surface area contributed by atoms with Crippen molar-refractivity contribution in [3.63, 3.8) is 0 Å². The fourth-order valence-corrected chi connectivity index (χ4v) is 3.18. The Hall–Kier alpha value is -2.11. The summed E-state index contributed by atoms with van der Waals surface area (Å²) in [5.41, 5.74) is 7.72. The van der Waals surface area contributed by atoms with Gasteiger partial charge >= 0.3 is 0 Å². The summed E-state index contributed by atoms with van der Waals surface area (Å²) in [6.45, 7) is 6.78. The molecule has 0 spiro atoms. The maximum Gasteiger partial charge on any atom is 0.137 e. The van der Waals surface area contributed by atoms with Crippen molar-refractivity contribution in [1.82, 2.24) is 14.5 Å². The van der Waals surface area contributed by atoms with E-state index in [4.69, 9.17) is 22.1 Å². The number of hydrogen-bond acceptors (Lipinski definition) is 4. The smallest absolute Gasteiger partial charge is 0.137 e. The molecular weight excluding hydrogens is 336 g/mol. The first-order chi connectivity index (χ1) is 11.8. The van der Waals surface area contributed by atoms with E-state index in [2.05, 4.69) is 23.8 Å². The number of hydrogen-bond donors (Lipinski definition) is 1. The van der Waals surface area contributed by atoms with E-state index in [0.717, 1.165) is 23.3 Å². The van der Waals surface area contributed by atoms with Crippen molar-refractivity contribution in [3.05, 3.63) is 47.9 Å². The van der Waals surface area contributed by atoms with Crippen LogP contribution < -0.4 is 10.5 Å². The highest BCUT2D eigenvalue weighted by atomic mass is 35.5. The molecule has 0 saturated heterocycles. The maximum atomic E-state index is 6.28. The first-order valence-electron chi connectivity index (χ1n) is 8.35. The van der Waals surface area contributed by atoms with E-state index in [9.17, 15) is 0 Å². The summed E-state index contributed by atoms with van der Waals surface area (Å²) in [6, 6.07) is 7.62. The average molecular weight is 359 g/mol. The fourth-order valence-electron chi connectivity index (χ4n) is 3.03. The molecule has 0 radical (unpaired) electrons. The molecular formula is C19H23ClN4O. The number of fused-ring (bicyclic) bond motifs is 1. The second-order valence-electron chi connectivity index (χ2n) is 7.14. The van der Waals surface area contributed by atoms with Crippen LogP contribution in [0.2, 0.25) is 5.02 Å². The van der Waals surface area contributed by atoms with E-state index in [1.807, 2.05) is 42.0 Å². The molecule has 3 heterocycles. The van der Waals surface area contributed by atoms with Gasteiger partial charge in [-0.2, -0.15) is 0 Å². The summed E-state index contributed by atoms with van der Waals surface area (Å²) in [4.78, 5) is 8.79. The summed E-state index contributed by atoms with van der Waals surface area (Å²) in [5, 5.41) is 0.597. The number of rotatable bonds is 6. The molecule has 1 atom stereocenters. The van der Waals surface area contributed by atoms with Gasteiger partial charge in [-0.25, -0.2) is 4.98 Å². The van der Waals surface area contributed by atoms with Gasteiger partial charge in [0.15, 0.2) is 0 Å². The summed E-state index contributed by atoms with van der Waals surface area (Å²) in [6.07, 6.45) is 6.18. The molecule has 6 heteroatoms. The molecule has 0 bridgehead atoms. The zero-order chi connectivity index (χ0) is 18.0. The molecule has 3 aromatic heterocycles. The zero-order valence-corrected chi connectivity index (χ0v) is 15.5. The van der Waals surface area contributed by atoms with Crippen LogP contribution in [0.3, 0.4) is 0 Å². The largest absolute Gasteiger partial charge is 0.490 e. The Labute approximate surface area is 152 Å². The van der Waals surface area contributed by atoms with Gasteiger partial charge in [0, 0.05) is 17.9 Å². The van der Waals surface area contributed by atoms with Crippen LogP contribution in [0.5, 0.6) is 5.75 Å². The maximum absolute atomic E-state index is 6.28. The Morgan fingerprint density at radius 1 is 1.24 bits per heavy atom. The Balaban J connectivity index is 1.75. The number of ether oxygens (including phenoxy) is 1. The lowest BCUT2D eigenvalue weighted by molar-refractivity contribution is 0.206. The van der Waals surface area contributed by atoms with Crippen molar-refractivity contribution in [2.75, 3.05) is 6.61 Å². The van der Waals surface area contributed by atoms with Gasteiger partial charge in [0.2, 0.25) is 0 Å². The molecule has 0 aliphatic rings. The number of halogens is 1. The predicted octanol–water partition coefficient (Wildman–Crippen LogP) is 4.22. The third-order valence-corrected chi connectivity index (χ3v) is 4.12. The highest BCUT2D eigenvalue weighted by Gasteiger charge is 2.21. The number of pyridine rings is 2. The Morgan fingerprint density at radius 3 is 2.72 bits per heavy atom. The summed E-state index contributed by atoms with van der Waals surface area (Å²) >= 11 is 6.05. The third kappa shape index (κ3) is 4.30. The molecule has 0 aliphatic carbocycles. The van der Waals surface area contributed by atoms with Crippen LogP contribution in [-0.2, 0) is 0 Å². The molecule has 3 aromatic rings. The minimum absolute atomic E-state index is 0.355. The number of nitrogens with zero attached hydrogens (tertiary/aromatic N) is 3. The molecule has 5 nitrogen and oxygen atoms in total. The van der Waals surface area contributed by atoms with E-state index in [0.29, 0.717) is 23.3 Å². The van der Waals surface area contributed by atoms with Crippen molar-refractivity contribution in [3.8, 4) is 11.6 Å². The molecule has 25 heavy (non-hydrogen) atoms. The molecule has 0 unspecified atom stereocenters. The predicted molar refractivity (Wildman–Crippen MR) is 101 cm³/mol. The van der Waals surface area contributed by atoms with Crippen LogP contribution in [0.15, 0.2) is 42.9 Å². The first kappa shape index (κ1) is 17.7. The van der Waals surface area contributed by atoms with Crippen LogP contribution in [0.25, 0.3) is 16.9 Å². The second-order valence-corrected chi connectivity index (χ2v) is 7.57. The summed E-state index contributed by atoms with van der Waals surface area (Å²) in [5.74, 6) is 2.02. The van der Waals surface area contributed by atoms with Gasteiger partial charge in [-0.3, -0.25) is 9.55 Å². The Bertz CT molecular complexity index is 855. The standard InChI is InChI=1S/C19H23ClN4O/c1-13(2)9-19(3,21)12-25-15-4-5-18(23-11-15)24-7-6-16-17(24)8-14(20)10-22-16/h4-8,10-11,13H,9,12,21H2,1-3H3/t19-/m0/s1. The van der Waals surface area contributed by atoms with Crippen molar-refractivity contribution >= 4 is 22.6 Å². The highest BCUT2D eigenvalue weighted by molar-refractivity contribution is 6.31. The lowest BCUT2D eigenvalue weighted by Gasteiger charge is -2.26. The van der Waals surface area contributed by atoms with E-state index in [1.54, 1.807) is 12.4 Å². The van der Waals surface area contributed by atoms with Crippen LogP contribution in [-0.4, -0.2) is 26.7 Å². The molecule has 0 saturated carbocycles.